The van der Waals surface area contributed by atoms with Crippen LogP contribution < -0.4 is 4.72 Å². The fourth-order valence-corrected chi connectivity index (χ4v) is 2.89. The Morgan fingerprint density at radius 1 is 1.35 bits per heavy atom. The molecule has 1 aromatic rings. The van der Waals surface area contributed by atoms with Gasteiger partial charge in [-0.3, -0.25) is 4.79 Å². The average molecular weight is 300 g/mol. The molecule has 0 saturated carbocycles. The largest absolute Gasteiger partial charge is 0.481 e. The molecule has 0 bridgehead atoms. The van der Waals surface area contributed by atoms with Gasteiger partial charge in [0.15, 0.2) is 0 Å². The van der Waals surface area contributed by atoms with Gasteiger partial charge in [-0.15, -0.1) is 0 Å². The van der Waals surface area contributed by atoms with E-state index in [9.17, 15) is 13.2 Å². The first-order chi connectivity index (χ1) is 9.36. The van der Waals surface area contributed by atoms with Crippen molar-refractivity contribution in [3.05, 3.63) is 35.9 Å². The molecule has 0 aliphatic rings. The molecule has 0 aromatic heterocycles. The molecule has 0 amide bonds. The van der Waals surface area contributed by atoms with Crippen LogP contribution in [0.4, 0.5) is 0 Å². The number of rotatable bonds is 8. The summed E-state index contributed by atoms with van der Waals surface area (Å²) in [7, 11) is -2.33. The van der Waals surface area contributed by atoms with E-state index in [1.54, 1.807) is 0 Å². The van der Waals surface area contributed by atoms with Gasteiger partial charge in [-0.25, -0.2) is 0 Å². The minimum Gasteiger partial charge on any atom is -0.481 e. The maximum Gasteiger partial charge on any atom is 0.304 e. The van der Waals surface area contributed by atoms with Crippen LogP contribution in [0.15, 0.2) is 30.3 Å². The smallest absolute Gasteiger partial charge is 0.304 e. The normalized spacial score (nSPS) is 13.3. The summed E-state index contributed by atoms with van der Waals surface area (Å²) >= 11 is 0. The maximum atomic E-state index is 12.1. The third-order valence-electron chi connectivity index (χ3n) is 2.95. The van der Waals surface area contributed by atoms with E-state index in [2.05, 4.69) is 4.72 Å². The molecule has 0 saturated heterocycles. The van der Waals surface area contributed by atoms with E-state index in [-0.39, 0.29) is 19.0 Å². The highest BCUT2D eigenvalue weighted by atomic mass is 32.2. The number of hydrogen-bond donors (Lipinski definition) is 2. The van der Waals surface area contributed by atoms with Crippen LogP contribution >= 0.6 is 0 Å². The summed E-state index contributed by atoms with van der Waals surface area (Å²) < 4.78 is 27.8. The summed E-state index contributed by atoms with van der Waals surface area (Å²) in [5.41, 5.74) is 0.880. The molecule has 0 aliphatic heterocycles. The van der Waals surface area contributed by atoms with E-state index in [0.29, 0.717) is 6.42 Å². The Morgan fingerprint density at radius 2 is 1.95 bits per heavy atom. The third kappa shape index (κ3) is 4.92. The van der Waals surface area contributed by atoms with Gasteiger partial charge >= 0.3 is 5.97 Å². The maximum absolute atomic E-state index is 12.1. The summed E-state index contributed by atoms with van der Waals surface area (Å²) in [4.78, 5) is 10.5. The molecule has 1 atom stereocenters. The van der Waals surface area contributed by atoms with Gasteiger partial charge in [0.05, 0.1) is 6.42 Å². The highest BCUT2D eigenvalue weighted by molar-refractivity contribution is 7.87. The summed E-state index contributed by atoms with van der Waals surface area (Å²) in [5, 5.41) is 8.59. The van der Waals surface area contributed by atoms with Gasteiger partial charge in [-0.05, 0) is 12.0 Å². The van der Waals surface area contributed by atoms with Crippen LogP contribution in [0.25, 0.3) is 0 Å². The highest BCUT2D eigenvalue weighted by Crippen LogP contribution is 2.17. The van der Waals surface area contributed by atoms with Crippen molar-refractivity contribution in [2.45, 2.75) is 25.8 Å². The van der Waals surface area contributed by atoms with Gasteiger partial charge in [-0.2, -0.15) is 17.4 Å². The molecule has 6 nitrogen and oxygen atoms in total. The topological polar surface area (TPSA) is 86.7 Å². The monoisotopic (exact) mass is 300 g/mol. The van der Waals surface area contributed by atoms with Gasteiger partial charge in [0.25, 0.3) is 10.2 Å². The van der Waals surface area contributed by atoms with Gasteiger partial charge in [0.2, 0.25) is 0 Å². The second kappa shape index (κ2) is 7.37. The molecule has 1 rings (SSSR count). The number of hydrogen-bond acceptors (Lipinski definition) is 3. The zero-order valence-corrected chi connectivity index (χ0v) is 12.4. The van der Waals surface area contributed by atoms with Crippen LogP contribution in [0.1, 0.15) is 31.4 Å². The molecule has 1 aromatic carbocycles. The predicted octanol–water partition coefficient (Wildman–Crippen LogP) is 1.38. The number of carbonyl (C=O) groups is 1. The zero-order chi connectivity index (χ0) is 15.2. The van der Waals surface area contributed by atoms with Gasteiger partial charge in [0, 0.05) is 19.6 Å². The molecule has 0 aliphatic carbocycles. The first-order valence-corrected chi connectivity index (χ1v) is 7.81. The standard InChI is InChI=1S/C13H20N2O4S/c1-3-12(11-7-5-4-6-8-11)14-20(18,19)15(2)10-9-13(16)17/h4-8,12,14H,3,9-10H2,1-2H3,(H,16,17). The minimum atomic E-state index is -3.70. The molecule has 20 heavy (non-hydrogen) atoms. The van der Waals surface area contributed by atoms with Crippen molar-refractivity contribution in [3.8, 4) is 0 Å². The molecule has 0 radical (unpaired) electrons. The van der Waals surface area contributed by atoms with Crippen LogP contribution in [0, 0.1) is 0 Å². The Hall–Kier alpha value is -1.44. The molecule has 1 unspecified atom stereocenters. The van der Waals surface area contributed by atoms with Crippen LogP contribution in [0.5, 0.6) is 0 Å². The van der Waals surface area contributed by atoms with E-state index in [0.717, 1.165) is 9.87 Å². The third-order valence-corrected chi connectivity index (χ3v) is 4.54. The molecular weight excluding hydrogens is 280 g/mol. The van der Waals surface area contributed by atoms with Crippen LogP contribution in [0.3, 0.4) is 0 Å². The Kier molecular flexibility index (Phi) is 6.12. The Balaban J connectivity index is 2.75. The lowest BCUT2D eigenvalue weighted by Crippen LogP contribution is -2.40. The van der Waals surface area contributed by atoms with Crippen LogP contribution in [-0.4, -0.2) is 37.4 Å². The molecule has 0 heterocycles. The van der Waals surface area contributed by atoms with Crippen LogP contribution in [0.2, 0.25) is 0 Å². The zero-order valence-electron chi connectivity index (χ0n) is 11.6. The van der Waals surface area contributed by atoms with Crippen molar-refractivity contribution in [3.63, 3.8) is 0 Å². The summed E-state index contributed by atoms with van der Waals surface area (Å²) in [5.74, 6) is -1.03. The van der Waals surface area contributed by atoms with Gasteiger partial charge < -0.3 is 5.11 Å². The van der Waals surface area contributed by atoms with E-state index < -0.39 is 16.2 Å². The Morgan fingerprint density at radius 3 is 2.45 bits per heavy atom. The number of nitrogens with one attached hydrogen (secondary N) is 1. The number of benzene rings is 1. The highest BCUT2D eigenvalue weighted by Gasteiger charge is 2.22. The molecule has 0 spiro atoms. The van der Waals surface area contributed by atoms with E-state index in [1.165, 1.54) is 7.05 Å². The minimum absolute atomic E-state index is 0.0596. The van der Waals surface area contributed by atoms with E-state index in [1.807, 2.05) is 37.3 Å². The molecular formula is C13H20N2O4S. The summed E-state index contributed by atoms with van der Waals surface area (Å²) in [6.07, 6.45) is 0.384. The second-order valence-corrected chi connectivity index (χ2v) is 6.27. The predicted molar refractivity (Wildman–Crippen MR) is 76.4 cm³/mol. The van der Waals surface area contributed by atoms with Crippen molar-refractivity contribution >= 4 is 16.2 Å². The lowest BCUT2D eigenvalue weighted by molar-refractivity contribution is -0.137. The van der Waals surface area contributed by atoms with E-state index in [4.69, 9.17) is 5.11 Å². The summed E-state index contributed by atoms with van der Waals surface area (Å²) in [6.45, 7) is 1.83. The molecule has 7 heteroatoms. The van der Waals surface area contributed by atoms with Crippen molar-refractivity contribution in [2.24, 2.45) is 0 Å². The lowest BCUT2D eigenvalue weighted by Gasteiger charge is -2.22. The fraction of sp³-hybridized carbons (Fsp3) is 0.462. The van der Waals surface area contributed by atoms with Crippen molar-refractivity contribution in [1.29, 1.82) is 0 Å². The van der Waals surface area contributed by atoms with Crippen molar-refractivity contribution in [1.82, 2.24) is 9.03 Å². The average Bonchev–Trinajstić information content (AvgIpc) is 2.43. The number of carboxylic acids is 1. The SMILES string of the molecule is CCC(NS(=O)(=O)N(C)CCC(=O)O)c1ccccc1. The fourth-order valence-electron chi connectivity index (χ4n) is 1.72. The van der Waals surface area contributed by atoms with Crippen LogP contribution in [-0.2, 0) is 15.0 Å². The van der Waals surface area contributed by atoms with E-state index >= 15 is 0 Å². The number of carboxylic acid groups (broad SMARTS) is 1. The second-order valence-electron chi connectivity index (χ2n) is 4.46. The molecule has 2 N–H and O–H groups in total. The Labute approximate surface area is 119 Å². The van der Waals surface area contributed by atoms with Crippen molar-refractivity contribution < 1.29 is 18.3 Å². The number of nitrogens with zero attached hydrogens (tertiary/aromatic N) is 1. The first-order valence-electron chi connectivity index (χ1n) is 6.37. The molecule has 0 fully saturated rings. The number of aliphatic carboxylic acids is 1. The lowest BCUT2D eigenvalue weighted by atomic mass is 10.1. The molecule has 112 valence electrons. The van der Waals surface area contributed by atoms with Gasteiger partial charge in [0.1, 0.15) is 0 Å². The van der Waals surface area contributed by atoms with Gasteiger partial charge in [-0.1, -0.05) is 37.3 Å². The summed E-state index contributed by atoms with van der Waals surface area (Å²) in [6, 6.07) is 8.94. The van der Waals surface area contributed by atoms with Crippen molar-refractivity contribution in [2.75, 3.05) is 13.6 Å². The quantitative estimate of drug-likeness (QED) is 0.759. The Bertz CT molecular complexity index is 531. The first kappa shape index (κ1) is 16.6.